The van der Waals surface area contributed by atoms with E-state index in [-0.39, 0.29) is 11.5 Å². The molecule has 0 bridgehead atoms. The number of carbonyl (C=O) groups excluding carboxylic acids is 1. The summed E-state index contributed by atoms with van der Waals surface area (Å²) in [6, 6.07) is 10.8. The molecule has 0 aliphatic carbocycles. The van der Waals surface area contributed by atoms with Gasteiger partial charge in [0.05, 0.1) is 11.3 Å². The Morgan fingerprint density at radius 1 is 1.12 bits per heavy atom. The van der Waals surface area contributed by atoms with Crippen LogP contribution in [0.15, 0.2) is 47.8 Å². The first-order valence-corrected chi connectivity index (χ1v) is 11.7. The van der Waals surface area contributed by atoms with E-state index < -0.39 is 11.7 Å². The van der Waals surface area contributed by atoms with Crippen LogP contribution in [-0.2, 0) is 19.1 Å². The van der Waals surface area contributed by atoms with Crippen molar-refractivity contribution in [3.05, 3.63) is 69.5 Å². The summed E-state index contributed by atoms with van der Waals surface area (Å²) >= 11 is 1.20. The van der Waals surface area contributed by atoms with Gasteiger partial charge in [0, 0.05) is 24.0 Å². The van der Waals surface area contributed by atoms with Gasteiger partial charge in [-0.3, -0.25) is 4.79 Å². The van der Waals surface area contributed by atoms with E-state index in [0.717, 1.165) is 36.3 Å². The summed E-state index contributed by atoms with van der Waals surface area (Å²) in [6.07, 6.45) is -2.76. The molecule has 4 nitrogen and oxygen atoms in total. The molecule has 1 aromatic heterocycles. The van der Waals surface area contributed by atoms with Gasteiger partial charge in [0.25, 0.3) is 5.91 Å². The Morgan fingerprint density at radius 2 is 1.85 bits per heavy atom. The molecule has 3 aromatic rings. The first-order chi connectivity index (χ1) is 15.6. The molecule has 0 radical (unpaired) electrons. The van der Waals surface area contributed by atoms with Gasteiger partial charge in [-0.2, -0.15) is 13.2 Å². The van der Waals surface area contributed by atoms with Gasteiger partial charge in [0.2, 0.25) is 0 Å². The number of rotatable bonds is 5. The summed E-state index contributed by atoms with van der Waals surface area (Å²) < 4.78 is 44.4. The van der Waals surface area contributed by atoms with Crippen LogP contribution in [0.3, 0.4) is 0 Å². The predicted molar refractivity (Wildman–Crippen MR) is 122 cm³/mol. The van der Waals surface area contributed by atoms with Crippen LogP contribution in [0.5, 0.6) is 5.75 Å². The van der Waals surface area contributed by atoms with E-state index in [4.69, 9.17) is 4.74 Å². The summed E-state index contributed by atoms with van der Waals surface area (Å²) in [7, 11) is 0. The van der Waals surface area contributed by atoms with Gasteiger partial charge < -0.3 is 9.64 Å². The van der Waals surface area contributed by atoms with E-state index in [9.17, 15) is 18.0 Å². The SMILES string of the molecule is CCC(C)(C)Oc1ccc2c(c1)CCN(C(=O)c1nc(-c3ccc(C(F)(F)F)cc3)cs1)C2. The number of thiazole rings is 1. The van der Waals surface area contributed by atoms with Crippen LogP contribution in [0.25, 0.3) is 11.3 Å². The van der Waals surface area contributed by atoms with E-state index in [0.29, 0.717) is 29.4 Å². The Morgan fingerprint density at radius 3 is 2.52 bits per heavy atom. The molecule has 1 aliphatic heterocycles. The zero-order chi connectivity index (χ0) is 23.8. The monoisotopic (exact) mass is 474 g/mol. The molecule has 2 aromatic carbocycles. The molecule has 8 heteroatoms. The highest BCUT2D eigenvalue weighted by molar-refractivity contribution is 7.12. The van der Waals surface area contributed by atoms with Crippen molar-refractivity contribution in [3.63, 3.8) is 0 Å². The lowest BCUT2D eigenvalue weighted by atomic mass is 9.99. The molecule has 1 aliphatic rings. The Labute approximate surface area is 195 Å². The van der Waals surface area contributed by atoms with Gasteiger partial charge in [0.15, 0.2) is 5.01 Å². The van der Waals surface area contributed by atoms with Crippen LogP contribution in [0.1, 0.15) is 53.7 Å². The van der Waals surface area contributed by atoms with Crippen molar-refractivity contribution >= 4 is 17.2 Å². The van der Waals surface area contributed by atoms with E-state index in [2.05, 4.69) is 31.8 Å². The molecular formula is C25H25F3N2O2S. The molecule has 33 heavy (non-hydrogen) atoms. The number of carbonyl (C=O) groups is 1. The van der Waals surface area contributed by atoms with Gasteiger partial charge in [-0.1, -0.05) is 25.1 Å². The number of nitrogens with zero attached hydrogens (tertiary/aromatic N) is 2. The molecule has 0 saturated carbocycles. The van der Waals surface area contributed by atoms with Crippen molar-refractivity contribution in [1.82, 2.24) is 9.88 Å². The number of alkyl halides is 3. The highest BCUT2D eigenvalue weighted by atomic mass is 32.1. The van der Waals surface area contributed by atoms with E-state index in [1.54, 1.807) is 10.3 Å². The Bertz CT molecular complexity index is 1150. The zero-order valence-electron chi connectivity index (χ0n) is 18.7. The fourth-order valence-corrected chi connectivity index (χ4v) is 4.42. The molecular weight excluding hydrogens is 449 g/mol. The Kier molecular flexibility index (Phi) is 6.22. The second kappa shape index (κ2) is 8.82. The van der Waals surface area contributed by atoms with Crippen LogP contribution < -0.4 is 4.74 Å². The first-order valence-electron chi connectivity index (χ1n) is 10.8. The summed E-state index contributed by atoms with van der Waals surface area (Å²) in [6.45, 7) is 7.26. The van der Waals surface area contributed by atoms with Crippen LogP contribution in [0, 0.1) is 0 Å². The quantitative estimate of drug-likeness (QED) is 0.419. The molecule has 2 heterocycles. The Hall–Kier alpha value is -2.87. The molecule has 1 amide bonds. The number of halogens is 3. The minimum Gasteiger partial charge on any atom is -0.488 e. The van der Waals surface area contributed by atoms with Crippen molar-refractivity contribution < 1.29 is 22.7 Å². The average Bonchev–Trinajstić information content (AvgIpc) is 3.28. The summed E-state index contributed by atoms with van der Waals surface area (Å²) in [5, 5.41) is 2.03. The third-order valence-corrected chi connectivity index (χ3v) is 6.75. The highest BCUT2D eigenvalue weighted by Gasteiger charge is 2.30. The fraction of sp³-hybridized carbons (Fsp3) is 0.360. The van der Waals surface area contributed by atoms with Gasteiger partial charge in [-0.05, 0) is 62.1 Å². The van der Waals surface area contributed by atoms with Crippen LogP contribution in [-0.4, -0.2) is 27.9 Å². The van der Waals surface area contributed by atoms with Crippen molar-refractivity contribution in [2.45, 2.75) is 51.9 Å². The summed E-state index contributed by atoms with van der Waals surface area (Å²) in [5.41, 5.74) is 2.35. The topological polar surface area (TPSA) is 42.4 Å². The van der Waals surface area contributed by atoms with E-state index in [1.165, 1.54) is 29.0 Å². The van der Waals surface area contributed by atoms with E-state index >= 15 is 0 Å². The molecule has 0 fully saturated rings. The maximum absolute atomic E-state index is 13.0. The maximum Gasteiger partial charge on any atom is 0.416 e. The maximum atomic E-state index is 13.0. The first kappa shape index (κ1) is 23.3. The van der Waals surface area contributed by atoms with Gasteiger partial charge in [0.1, 0.15) is 11.4 Å². The lowest BCUT2D eigenvalue weighted by molar-refractivity contribution is -0.137. The molecule has 4 rings (SSSR count). The molecule has 0 unspecified atom stereocenters. The number of hydrogen-bond donors (Lipinski definition) is 0. The number of benzene rings is 2. The number of hydrogen-bond acceptors (Lipinski definition) is 4. The van der Waals surface area contributed by atoms with Crippen molar-refractivity contribution in [1.29, 1.82) is 0 Å². The van der Waals surface area contributed by atoms with Crippen molar-refractivity contribution in [2.75, 3.05) is 6.54 Å². The molecule has 174 valence electrons. The predicted octanol–water partition coefficient (Wildman–Crippen LogP) is 6.59. The van der Waals surface area contributed by atoms with Crippen LogP contribution >= 0.6 is 11.3 Å². The average molecular weight is 475 g/mol. The largest absolute Gasteiger partial charge is 0.488 e. The summed E-state index contributed by atoms with van der Waals surface area (Å²) in [5.74, 6) is 0.665. The number of aromatic nitrogens is 1. The lowest BCUT2D eigenvalue weighted by Crippen LogP contribution is -2.36. The van der Waals surface area contributed by atoms with Crippen LogP contribution in [0.4, 0.5) is 13.2 Å². The van der Waals surface area contributed by atoms with Gasteiger partial charge in [-0.25, -0.2) is 4.98 Å². The third-order valence-electron chi connectivity index (χ3n) is 5.92. The Balaban J connectivity index is 1.45. The second-order valence-electron chi connectivity index (χ2n) is 8.74. The summed E-state index contributed by atoms with van der Waals surface area (Å²) in [4.78, 5) is 19.2. The van der Waals surface area contributed by atoms with Gasteiger partial charge >= 0.3 is 6.18 Å². The number of fused-ring (bicyclic) bond motifs is 1. The third kappa shape index (κ3) is 5.21. The number of ether oxygens (including phenoxy) is 1. The normalized spacial score (nSPS) is 14.2. The zero-order valence-corrected chi connectivity index (χ0v) is 19.5. The smallest absolute Gasteiger partial charge is 0.416 e. The van der Waals surface area contributed by atoms with Gasteiger partial charge in [-0.15, -0.1) is 11.3 Å². The highest BCUT2D eigenvalue weighted by Crippen LogP contribution is 2.32. The minimum absolute atomic E-state index is 0.170. The number of amides is 1. The van der Waals surface area contributed by atoms with E-state index in [1.807, 2.05) is 12.1 Å². The standard InChI is InChI=1S/C25H25F3N2O2S/c1-4-24(2,3)32-20-10-7-18-14-30(12-11-17(18)13-20)23(31)22-29-21(15-33-22)16-5-8-19(9-6-16)25(26,27)28/h5-10,13,15H,4,11-12,14H2,1-3H3. The lowest BCUT2D eigenvalue weighted by Gasteiger charge is -2.30. The van der Waals surface area contributed by atoms with Crippen molar-refractivity contribution in [3.8, 4) is 17.0 Å². The molecule has 0 N–H and O–H groups in total. The molecule has 0 atom stereocenters. The van der Waals surface area contributed by atoms with Crippen LogP contribution in [0.2, 0.25) is 0 Å². The van der Waals surface area contributed by atoms with Crippen molar-refractivity contribution in [2.24, 2.45) is 0 Å². The second-order valence-corrected chi connectivity index (χ2v) is 9.59. The fourth-order valence-electron chi connectivity index (χ4n) is 3.63. The molecule has 0 spiro atoms. The minimum atomic E-state index is -4.38. The molecule has 0 saturated heterocycles.